The third kappa shape index (κ3) is 2.81. The first-order valence-corrected chi connectivity index (χ1v) is 6.13. The molecule has 0 aromatic heterocycles. The summed E-state index contributed by atoms with van der Waals surface area (Å²) in [5.74, 6) is -0.118. The van der Waals surface area contributed by atoms with Crippen LogP contribution in [0.5, 0.6) is 5.75 Å². The highest BCUT2D eigenvalue weighted by molar-refractivity contribution is 5.97. The molecule has 0 N–H and O–H groups in total. The Morgan fingerprint density at radius 2 is 1.89 bits per heavy atom. The lowest BCUT2D eigenvalue weighted by Gasteiger charge is -2.07. The standard InChI is InChI=1S/C16H15FO2/c1-3-15(18)13-6-4-5-11(9-13)12-7-8-16(19-2)14(17)10-12/h4-10H,3H2,1-2H3. The van der Waals surface area contributed by atoms with E-state index in [-0.39, 0.29) is 11.5 Å². The minimum absolute atomic E-state index is 0.0795. The molecule has 0 radical (unpaired) electrons. The fourth-order valence-corrected chi connectivity index (χ4v) is 1.92. The molecule has 0 saturated heterocycles. The topological polar surface area (TPSA) is 26.3 Å². The molecular formula is C16H15FO2. The Morgan fingerprint density at radius 3 is 2.53 bits per heavy atom. The Balaban J connectivity index is 2.41. The second kappa shape index (κ2) is 5.65. The van der Waals surface area contributed by atoms with Crippen molar-refractivity contribution >= 4 is 5.78 Å². The van der Waals surface area contributed by atoms with E-state index < -0.39 is 5.82 Å². The van der Waals surface area contributed by atoms with E-state index in [1.54, 1.807) is 30.3 Å². The van der Waals surface area contributed by atoms with Crippen molar-refractivity contribution in [3.8, 4) is 16.9 Å². The first-order chi connectivity index (χ1) is 9.15. The van der Waals surface area contributed by atoms with Gasteiger partial charge in [-0.2, -0.15) is 0 Å². The van der Waals surface area contributed by atoms with E-state index in [1.807, 2.05) is 13.0 Å². The van der Waals surface area contributed by atoms with Crippen LogP contribution in [0.25, 0.3) is 11.1 Å². The summed E-state index contributed by atoms with van der Waals surface area (Å²) in [6.45, 7) is 1.82. The third-order valence-corrected chi connectivity index (χ3v) is 2.99. The molecule has 2 aromatic rings. The smallest absolute Gasteiger partial charge is 0.165 e. The Morgan fingerprint density at radius 1 is 1.16 bits per heavy atom. The average molecular weight is 258 g/mol. The van der Waals surface area contributed by atoms with E-state index in [1.165, 1.54) is 13.2 Å². The Bertz CT molecular complexity index is 605. The van der Waals surface area contributed by atoms with Crippen LogP contribution >= 0.6 is 0 Å². The van der Waals surface area contributed by atoms with E-state index >= 15 is 0 Å². The third-order valence-electron chi connectivity index (χ3n) is 2.99. The number of halogens is 1. The van der Waals surface area contributed by atoms with Crippen LogP contribution in [-0.4, -0.2) is 12.9 Å². The van der Waals surface area contributed by atoms with Crippen molar-refractivity contribution in [2.75, 3.05) is 7.11 Å². The van der Waals surface area contributed by atoms with Crippen LogP contribution in [0.2, 0.25) is 0 Å². The number of rotatable bonds is 4. The summed E-state index contributed by atoms with van der Waals surface area (Å²) in [5, 5.41) is 0. The normalized spacial score (nSPS) is 10.3. The molecule has 0 aliphatic rings. The van der Waals surface area contributed by atoms with Gasteiger partial charge in [-0.05, 0) is 29.3 Å². The molecule has 98 valence electrons. The quantitative estimate of drug-likeness (QED) is 0.772. The van der Waals surface area contributed by atoms with Crippen LogP contribution in [0.1, 0.15) is 23.7 Å². The number of methoxy groups -OCH3 is 1. The van der Waals surface area contributed by atoms with Crippen molar-refractivity contribution in [2.24, 2.45) is 0 Å². The molecule has 0 saturated carbocycles. The lowest BCUT2D eigenvalue weighted by atomic mass is 10.0. The molecule has 0 amide bonds. The van der Waals surface area contributed by atoms with Crippen LogP contribution in [-0.2, 0) is 0 Å². The summed E-state index contributed by atoms with van der Waals surface area (Å²) in [6, 6.07) is 12.0. The number of hydrogen-bond donors (Lipinski definition) is 0. The number of carbonyl (C=O) groups excluding carboxylic acids is 1. The molecular weight excluding hydrogens is 243 g/mol. The molecule has 2 nitrogen and oxygen atoms in total. The summed E-state index contributed by atoms with van der Waals surface area (Å²) in [6.07, 6.45) is 0.459. The summed E-state index contributed by atoms with van der Waals surface area (Å²) >= 11 is 0. The highest BCUT2D eigenvalue weighted by atomic mass is 19.1. The maximum atomic E-state index is 13.7. The Kier molecular flexibility index (Phi) is 3.95. The van der Waals surface area contributed by atoms with Gasteiger partial charge in [-0.1, -0.05) is 31.2 Å². The van der Waals surface area contributed by atoms with Gasteiger partial charge in [0.25, 0.3) is 0 Å². The van der Waals surface area contributed by atoms with Crippen molar-refractivity contribution in [1.82, 2.24) is 0 Å². The molecule has 19 heavy (non-hydrogen) atoms. The number of ether oxygens (including phenoxy) is 1. The first-order valence-electron chi connectivity index (χ1n) is 6.13. The fraction of sp³-hybridized carbons (Fsp3) is 0.188. The Labute approximate surface area is 111 Å². The molecule has 2 rings (SSSR count). The lowest BCUT2D eigenvalue weighted by Crippen LogP contribution is -1.96. The lowest BCUT2D eigenvalue weighted by molar-refractivity contribution is 0.0988. The van der Waals surface area contributed by atoms with Crippen molar-refractivity contribution in [3.05, 3.63) is 53.8 Å². The molecule has 3 heteroatoms. The maximum absolute atomic E-state index is 13.7. The summed E-state index contributed by atoms with van der Waals surface area (Å²) in [5.41, 5.74) is 2.20. The molecule has 0 heterocycles. The monoisotopic (exact) mass is 258 g/mol. The number of carbonyl (C=O) groups is 1. The molecule has 0 unspecified atom stereocenters. The van der Waals surface area contributed by atoms with Crippen LogP contribution in [0.15, 0.2) is 42.5 Å². The van der Waals surface area contributed by atoms with E-state index in [0.29, 0.717) is 12.0 Å². The first kappa shape index (κ1) is 13.3. The van der Waals surface area contributed by atoms with Gasteiger partial charge in [-0.15, -0.1) is 0 Å². The van der Waals surface area contributed by atoms with Crippen molar-refractivity contribution in [1.29, 1.82) is 0 Å². The Hall–Kier alpha value is -2.16. The van der Waals surface area contributed by atoms with Crippen molar-refractivity contribution < 1.29 is 13.9 Å². The number of ketones is 1. The zero-order valence-electron chi connectivity index (χ0n) is 10.9. The molecule has 0 aliphatic heterocycles. The number of hydrogen-bond acceptors (Lipinski definition) is 2. The molecule has 0 spiro atoms. The molecule has 2 aromatic carbocycles. The summed E-state index contributed by atoms with van der Waals surface area (Å²) in [7, 11) is 1.43. The van der Waals surface area contributed by atoms with E-state index in [4.69, 9.17) is 4.74 Å². The number of Topliss-reactive ketones (excluding diaryl/α,β-unsaturated/α-hetero) is 1. The van der Waals surface area contributed by atoms with Gasteiger partial charge in [0, 0.05) is 12.0 Å². The van der Waals surface area contributed by atoms with Crippen molar-refractivity contribution in [3.63, 3.8) is 0 Å². The summed E-state index contributed by atoms with van der Waals surface area (Å²) < 4.78 is 18.6. The molecule has 0 bridgehead atoms. The zero-order chi connectivity index (χ0) is 13.8. The van der Waals surface area contributed by atoms with Gasteiger partial charge in [0.05, 0.1) is 7.11 Å². The predicted molar refractivity (Wildman–Crippen MR) is 73.0 cm³/mol. The zero-order valence-corrected chi connectivity index (χ0v) is 10.9. The predicted octanol–water partition coefficient (Wildman–Crippen LogP) is 4.09. The second-order valence-electron chi connectivity index (χ2n) is 4.21. The molecule has 0 fully saturated rings. The molecule has 0 aliphatic carbocycles. The summed E-state index contributed by atoms with van der Waals surface area (Å²) in [4.78, 5) is 11.7. The van der Waals surface area contributed by atoms with Gasteiger partial charge in [0.1, 0.15) is 0 Å². The maximum Gasteiger partial charge on any atom is 0.165 e. The fourth-order valence-electron chi connectivity index (χ4n) is 1.92. The van der Waals surface area contributed by atoms with Gasteiger partial charge in [0.2, 0.25) is 0 Å². The van der Waals surface area contributed by atoms with Crippen LogP contribution in [0.4, 0.5) is 4.39 Å². The van der Waals surface area contributed by atoms with Gasteiger partial charge in [-0.25, -0.2) is 4.39 Å². The van der Waals surface area contributed by atoms with Crippen LogP contribution in [0.3, 0.4) is 0 Å². The van der Waals surface area contributed by atoms with E-state index in [0.717, 1.165) is 11.1 Å². The average Bonchev–Trinajstić information content (AvgIpc) is 2.46. The van der Waals surface area contributed by atoms with Crippen molar-refractivity contribution in [2.45, 2.75) is 13.3 Å². The largest absolute Gasteiger partial charge is 0.494 e. The SMILES string of the molecule is CCC(=O)c1cccc(-c2ccc(OC)c(F)c2)c1. The van der Waals surface area contributed by atoms with Gasteiger partial charge >= 0.3 is 0 Å². The molecule has 0 atom stereocenters. The second-order valence-corrected chi connectivity index (χ2v) is 4.21. The minimum Gasteiger partial charge on any atom is -0.494 e. The highest BCUT2D eigenvalue weighted by Crippen LogP contribution is 2.26. The van der Waals surface area contributed by atoms with E-state index in [9.17, 15) is 9.18 Å². The van der Waals surface area contributed by atoms with Crippen LogP contribution in [0, 0.1) is 5.82 Å². The van der Waals surface area contributed by atoms with Gasteiger partial charge in [0.15, 0.2) is 17.3 Å². The van der Waals surface area contributed by atoms with Gasteiger partial charge < -0.3 is 4.74 Å². The van der Waals surface area contributed by atoms with E-state index in [2.05, 4.69) is 0 Å². The van der Waals surface area contributed by atoms with Gasteiger partial charge in [-0.3, -0.25) is 4.79 Å². The van der Waals surface area contributed by atoms with Crippen LogP contribution < -0.4 is 4.74 Å². The number of benzene rings is 2. The minimum atomic E-state index is -0.410. The highest BCUT2D eigenvalue weighted by Gasteiger charge is 2.08.